The Bertz CT molecular complexity index is 552. The minimum atomic E-state index is -1.88. The maximum absolute atomic E-state index is 12.2. The summed E-state index contributed by atoms with van der Waals surface area (Å²) >= 11 is 3.07. The minimum Gasteiger partial charge on any atom is -0.481 e. The van der Waals surface area contributed by atoms with Crippen molar-refractivity contribution in [2.75, 3.05) is 0 Å². The summed E-state index contributed by atoms with van der Waals surface area (Å²) in [5, 5.41) is 27.4. The van der Waals surface area contributed by atoms with E-state index in [2.05, 4.69) is 15.9 Å². The average molecular weight is 345 g/mol. The number of alkyl halides is 1. The third kappa shape index (κ3) is 3.64. The van der Waals surface area contributed by atoms with Crippen molar-refractivity contribution in [3.8, 4) is 0 Å². The molecule has 0 aliphatic rings. The Labute approximate surface area is 123 Å². The van der Waals surface area contributed by atoms with Crippen LogP contribution in [0.1, 0.15) is 34.5 Å². The third-order valence-corrected chi connectivity index (χ3v) is 3.08. The van der Waals surface area contributed by atoms with E-state index in [1.165, 1.54) is 25.1 Å². The van der Waals surface area contributed by atoms with Crippen molar-refractivity contribution in [2.45, 2.75) is 24.3 Å². The molecular formula is C13H13BrO6. The second-order valence-electron chi connectivity index (χ2n) is 4.17. The molecule has 7 heteroatoms. The molecule has 0 fully saturated rings. The summed E-state index contributed by atoms with van der Waals surface area (Å²) in [6.45, 7) is 1.54. The molecule has 1 aromatic rings. The highest BCUT2D eigenvalue weighted by Gasteiger charge is 2.27. The standard InChI is InChI=1S/C13H13BrO6/c1-6(14)11(17)10-7(5-9(15)16)3-2-4-8(10)12(18)13(19)20/h2-4,6,12,18H,5H2,1H3,(H,15,16)(H,19,20). The lowest BCUT2D eigenvalue weighted by Gasteiger charge is -2.16. The molecule has 0 aliphatic carbocycles. The van der Waals surface area contributed by atoms with E-state index in [-0.39, 0.29) is 16.7 Å². The van der Waals surface area contributed by atoms with Gasteiger partial charge in [-0.15, -0.1) is 0 Å². The van der Waals surface area contributed by atoms with Crippen LogP contribution in [0.2, 0.25) is 0 Å². The maximum atomic E-state index is 12.2. The number of hydrogen-bond donors (Lipinski definition) is 3. The van der Waals surface area contributed by atoms with E-state index >= 15 is 0 Å². The number of ketones is 1. The molecule has 3 N–H and O–H groups in total. The molecule has 1 aromatic carbocycles. The molecule has 0 spiro atoms. The number of carbonyl (C=O) groups excluding carboxylic acids is 1. The van der Waals surface area contributed by atoms with Crippen molar-refractivity contribution in [1.29, 1.82) is 0 Å². The second kappa shape index (κ2) is 6.62. The van der Waals surface area contributed by atoms with Crippen molar-refractivity contribution in [3.05, 3.63) is 34.9 Å². The third-order valence-electron chi connectivity index (χ3n) is 2.66. The van der Waals surface area contributed by atoms with Gasteiger partial charge in [0.2, 0.25) is 0 Å². The lowest BCUT2D eigenvalue weighted by atomic mass is 9.91. The van der Waals surface area contributed by atoms with Crippen LogP contribution in [-0.2, 0) is 16.0 Å². The molecule has 0 saturated heterocycles. The predicted molar refractivity (Wildman–Crippen MR) is 73.1 cm³/mol. The van der Waals surface area contributed by atoms with Gasteiger partial charge in [0.1, 0.15) is 0 Å². The molecule has 2 atom stereocenters. The highest BCUT2D eigenvalue weighted by Crippen LogP contribution is 2.25. The Kier molecular flexibility index (Phi) is 5.41. The summed E-state index contributed by atoms with van der Waals surface area (Å²) in [6, 6.07) is 4.14. The van der Waals surface area contributed by atoms with Crippen molar-refractivity contribution >= 4 is 33.7 Å². The molecule has 0 radical (unpaired) electrons. The van der Waals surface area contributed by atoms with Crippen LogP contribution in [0.15, 0.2) is 18.2 Å². The summed E-state index contributed by atoms with van der Waals surface area (Å²) in [5.74, 6) is -3.13. The first-order valence-corrected chi connectivity index (χ1v) is 6.60. The number of aliphatic carboxylic acids is 2. The fraction of sp³-hybridized carbons (Fsp3) is 0.308. The number of halogens is 1. The molecule has 0 amide bonds. The van der Waals surface area contributed by atoms with Gasteiger partial charge >= 0.3 is 11.9 Å². The molecule has 2 unspecified atom stereocenters. The highest BCUT2D eigenvalue weighted by molar-refractivity contribution is 9.10. The zero-order valence-electron chi connectivity index (χ0n) is 10.5. The van der Waals surface area contributed by atoms with Crippen LogP contribution < -0.4 is 0 Å². The minimum absolute atomic E-state index is 0.0609. The van der Waals surface area contributed by atoms with Gasteiger partial charge in [0, 0.05) is 11.1 Å². The number of aliphatic hydroxyl groups excluding tert-OH is 1. The quantitative estimate of drug-likeness (QED) is 0.531. The van der Waals surface area contributed by atoms with Gasteiger partial charge in [-0.2, -0.15) is 0 Å². The Morgan fingerprint density at radius 2 is 1.85 bits per heavy atom. The molecule has 0 saturated carbocycles. The number of carboxylic acid groups (broad SMARTS) is 2. The second-order valence-corrected chi connectivity index (χ2v) is 5.55. The van der Waals surface area contributed by atoms with E-state index in [1.807, 2.05) is 0 Å². The summed E-state index contributed by atoms with van der Waals surface area (Å²) in [4.78, 5) is 33.2. The van der Waals surface area contributed by atoms with Crippen LogP contribution in [0.4, 0.5) is 0 Å². The molecule has 6 nitrogen and oxygen atoms in total. The lowest BCUT2D eigenvalue weighted by molar-refractivity contribution is -0.147. The number of hydrogen-bond acceptors (Lipinski definition) is 4. The number of rotatable bonds is 6. The Morgan fingerprint density at radius 1 is 1.25 bits per heavy atom. The Morgan fingerprint density at radius 3 is 2.30 bits per heavy atom. The maximum Gasteiger partial charge on any atom is 0.337 e. The van der Waals surface area contributed by atoms with Gasteiger partial charge in [-0.25, -0.2) is 4.79 Å². The topological polar surface area (TPSA) is 112 Å². The zero-order chi connectivity index (χ0) is 15.4. The SMILES string of the molecule is CC(Br)C(=O)c1c(CC(=O)O)cccc1C(O)C(=O)O. The fourth-order valence-corrected chi connectivity index (χ4v) is 2.02. The van der Waals surface area contributed by atoms with Gasteiger partial charge in [-0.1, -0.05) is 34.1 Å². The largest absolute Gasteiger partial charge is 0.481 e. The van der Waals surface area contributed by atoms with Crippen LogP contribution in [-0.4, -0.2) is 37.9 Å². The molecule has 108 valence electrons. The smallest absolute Gasteiger partial charge is 0.337 e. The van der Waals surface area contributed by atoms with Crippen molar-refractivity contribution < 1.29 is 29.7 Å². The predicted octanol–water partition coefficient (Wildman–Crippen LogP) is 1.40. The normalized spacial score (nSPS) is 13.6. The number of aliphatic hydroxyl groups is 1. The Hall–Kier alpha value is -1.73. The van der Waals surface area contributed by atoms with Gasteiger partial charge in [0.15, 0.2) is 11.9 Å². The summed E-state index contributed by atoms with van der Waals surface area (Å²) in [6.07, 6.45) is -2.31. The van der Waals surface area contributed by atoms with Crippen LogP contribution in [0.3, 0.4) is 0 Å². The van der Waals surface area contributed by atoms with Gasteiger partial charge in [0.25, 0.3) is 0 Å². The molecular weight excluding hydrogens is 332 g/mol. The molecule has 1 rings (SSSR count). The van der Waals surface area contributed by atoms with Crippen molar-refractivity contribution in [1.82, 2.24) is 0 Å². The highest BCUT2D eigenvalue weighted by atomic mass is 79.9. The van der Waals surface area contributed by atoms with Gasteiger partial charge in [0.05, 0.1) is 11.2 Å². The molecule has 0 aliphatic heterocycles. The fourth-order valence-electron chi connectivity index (χ4n) is 1.79. The average Bonchev–Trinajstić information content (AvgIpc) is 2.35. The van der Waals surface area contributed by atoms with Crippen molar-refractivity contribution in [2.24, 2.45) is 0 Å². The number of benzene rings is 1. The lowest BCUT2D eigenvalue weighted by Crippen LogP contribution is -2.21. The number of carboxylic acids is 2. The molecule has 0 aromatic heterocycles. The first-order chi connectivity index (χ1) is 9.25. The first kappa shape index (κ1) is 16.3. The van der Waals surface area contributed by atoms with Gasteiger partial charge in [-0.3, -0.25) is 9.59 Å². The van der Waals surface area contributed by atoms with Gasteiger partial charge in [-0.05, 0) is 12.5 Å². The number of carbonyl (C=O) groups is 3. The van der Waals surface area contributed by atoms with Crippen LogP contribution >= 0.6 is 15.9 Å². The van der Waals surface area contributed by atoms with Gasteiger partial charge < -0.3 is 15.3 Å². The van der Waals surface area contributed by atoms with E-state index in [1.54, 1.807) is 0 Å². The summed E-state index contributed by atoms with van der Waals surface area (Å²) in [5.41, 5.74) is 0.00771. The van der Waals surface area contributed by atoms with E-state index in [4.69, 9.17) is 10.2 Å². The summed E-state index contributed by atoms with van der Waals surface area (Å²) < 4.78 is 0. The molecule has 0 bridgehead atoms. The first-order valence-electron chi connectivity index (χ1n) is 5.68. The van der Waals surface area contributed by atoms with Crippen molar-refractivity contribution in [3.63, 3.8) is 0 Å². The van der Waals surface area contributed by atoms with Crippen LogP contribution in [0.5, 0.6) is 0 Å². The molecule has 0 heterocycles. The van der Waals surface area contributed by atoms with Crippen LogP contribution in [0.25, 0.3) is 0 Å². The number of Topliss-reactive ketones (excluding diaryl/α,β-unsaturated/α-hetero) is 1. The van der Waals surface area contributed by atoms with E-state index in [9.17, 15) is 19.5 Å². The van der Waals surface area contributed by atoms with E-state index in [0.29, 0.717) is 0 Å². The zero-order valence-corrected chi connectivity index (χ0v) is 12.1. The Balaban J connectivity index is 3.47. The molecule has 20 heavy (non-hydrogen) atoms. The monoisotopic (exact) mass is 344 g/mol. The summed E-state index contributed by atoms with van der Waals surface area (Å²) in [7, 11) is 0. The van der Waals surface area contributed by atoms with E-state index < -0.39 is 35.1 Å². The van der Waals surface area contributed by atoms with Crippen LogP contribution in [0, 0.1) is 0 Å². The van der Waals surface area contributed by atoms with E-state index in [0.717, 1.165) is 0 Å².